The van der Waals surface area contributed by atoms with E-state index in [0.717, 1.165) is 6.54 Å². The molecule has 1 amide bonds. The molecule has 7 heteroatoms. The number of hydrogen-bond donors (Lipinski definition) is 1. The number of likely N-dealkylation sites (tertiary alicyclic amines) is 1. The first-order valence-corrected chi connectivity index (χ1v) is 9.41. The van der Waals surface area contributed by atoms with Crippen molar-refractivity contribution in [2.45, 2.75) is 12.5 Å². The van der Waals surface area contributed by atoms with Crippen molar-refractivity contribution in [3.8, 4) is 5.75 Å². The van der Waals surface area contributed by atoms with Crippen molar-refractivity contribution in [2.24, 2.45) is 0 Å². The van der Waals surface area contributed by atoms with Gasteiger partial charge in [-0.05, 0) is 56.9 Å². The van der Waals surface area contributed by atoms with Crippen molar-refractivity contribution in [3.63, 3.8) is 0 Å². The Hall–Kier alpha value is -3.19. The number of Topliss-reactive ketones (excluding diaryl/α,β-unsaturated/α-hetero) is 1. The summed E-state index contributed by atoms with van der Waals surface area (Å²) in [5.74, 6) is -0.872. The van der Waals surface area contributed by atoms with E-state index in [9.17, 15) is 14.7 Å². The second kappa shape index (κ2) is 8.87. The Morgan fingerprint density at radius 1 is 1.21 bits per heavy atom. The summed E-state index contributed by atoms with van der Waals surface area (Å²) in [7, 11) is 5.47. The summed E-state index contributed by atoms with van der Waals surface area (Å²) >= 11 is 0. The molecule has 0 saturated carbocycles. The molecule has 152 valence electrons. The maximum absolute atomic E-state index is 12.9. The van der Waals surface area contributed by atoms with E-state index in [1.807, 2.05) is 25.1 Å². The quantitative estimate of drug-likeness (QED) is 0.441. The Balaban J connectivity index is 2.09. The van der Waals surface area contributed by atoms with Gasteiger partial charge in [0.15, 0.2) is 0 Å². The number of methoxy groups -OCH3 is 1. The van der Waals surface area contributed by atoms with Crippen molar-refractivity contribution in [3.05, 3.63) is 65.5 Å². The van der Waals surface area contributed by atoms with Gasteiger partial charge in [-0.2, -0.15) is 0 Å². The molecule has 1 aromatic carbocycles. The monoisotopic (exact) mass is 395 g/mol. The molecular weight excluding hydrogens is 370 g/mol. The third-order valence-electron chi connectivity index (χ3n) is 4.91. The third kappa shape index (κ3) is 4.30. The maximum atomic E-state index is 12.9. The maximum Gasteiger partial charge on any atom is 0.295 e. The molecular formula is C22H25N3O4. The van der Waals surface area contributed by atoms with Crippen molar-refractivity contribution in [2.75, 3.05) is 34.3 Å². The van der Waals surface area contributed by atoms with Gasteiger partial charge in [0.05, 0.1) is 18.7 Å². The van der Waals surface area contributed by atoms with Gasteiger partial charge in [0.25, 0.3) is 11.7 Å². The highest BCUT2D eigenvalue weighted by Gasteiger charge is 2.45. The van der Waals surface area contributed by atoms with Gasteiger partial charge < -0.3 is 19.6 Å². The van der Waals surface area contributed by atoms with Crippen LogP contribution >= 0.6 is 0 Å². The van der Waals surface area contributed by atoms with Crippen molar-refractivity contribution < 1.29 is 19.4 Å². The first-order valence-electron chi connectivity index (χ1n) is 9.41. The molecule has 0 radical (unpaired) electrons. The molecule has 0 aliphatic carbocycles. The fourth-order valence-corrected chi connectivity index (χ4v) is 3.49. The predicted molar refractivity (Wildman–Crippen MR) is 109 cm³/mol. The van der Waals surface area contributed by atoms with Crippen LogP contribution in [0.15, 0.2) is 54.4 Å². The molecule has 1 aliphatic heterocycles. The van der Waals surface area contributed by atoms with Crippen LogP contribution in [0.4, 0.5) is 0 Å². The van der Waals surface area contributed by atoms with Gasteiger partial charge in [-0.3, -0.25) is 14.6 Å². The van der Waals surface area contributed by atoms with Crippen molar-refractivity contribution in [1.82, 2.24) is 14.8 Å². The van der Waals surface area contributed by atoms with Crippen LogP contribution in [-0.4, -0.2) is 65.9 Å². The van der Waals surface area contributed by atoms with E-state index in [4.69, 9.17) is 4.74 Å². The molecule has 1 aromatic heterocycles. The van der Waals surface area contributed by atoms with E-state index in [-0.39, 0.29) is 11.3 Å². The molecule has 1 N–H and O–H groups in total. The zero-order chi connectivity index (χ0) is 21.0. The number of nitrogens with zero attached hydrogens (tertiary/aromatic N) is 3. The Morgan fingerprint density at radius 2 is 1.93 bits per heavy atom. The summed E-state index contributed by atoms with van der Waals surface area (Å²) < 4.78 is 5.31. The number of ketones is 1. The average Bonchev–Trinajstić information content (AvgIpc) is 2.98. The Bertz CT molecular complexity index is 925. The lowest BCUT2D eigenvalue weighted by Gasteiger charge is -2.26. The lowest BCUT2D eigenvalue weighted by Crippen LogP contribution is -2.32. The van der Waals surface area contributed by atoms with Gasteiger partial charge in [-0.1, -0.05) is 12.1 Å². The van der Waals surface area contributed by atoms with Gasteiger partial charge in [0, 0.05) is 24.5 Å². The summed E-state index contributed by atoms with van der Waals surface area (Å²) in [6.07, 6.45) is 3.77. The minimum absolute atomic E-state index is 0.0827. The number of carbonyl (C=O) groups excluding carboxylic acids is 2. The molecule has 3 rings (SSSR count). The molecule has 29 heavy (non-hydrogen) atoms. The molecule has 0 unspecified atom stereocenters. The summed E-state index contributed by atoms with van der Waals surface area (Å²) in [5.41, 5.74) is 1.24. The van der Waals surface area contributed by atoms with Gasteiger partial charge in [-0.15, -0.1) is 0 Å². The highest BCUT2D eigenvalue weighted by atomic mass is 16.5. The van der Waals surface area contributed by atoms with Crippen LogP contribution < -0.4 is 4.74 Å². The van der Waals surface area contributed by atoms with Gasteiger partial charge in [0.1, 0.15) is 11.5 Å². The Morgan fingerprint density at radius 3 is 2.59 bits per heavy atom. The molecule has 2 aromatic rings. The highest BCUT2D eigenvalue weighted by molar-refractivity contribution is 6.46. The lowest BCUT2D eigenvalue weighted by atomic mass is 9.95. The molecule has 2 heterocycles. The van der Waals surface area contributed by atoms with E-state index in [1.165, 1.54) is 17.3 Å². The molecule has 7 nitrogen and oxygen atoms in total. The molecule has 0 spiro atoms. The molecule has 1 aliphatic rings. The summed E-state index contributed by atoms with van der Waals surface area (Å²) in [6, 6.07) is 9.76. The van der Waals surface area contributed by atoms with Crippen molar-refractivity contribution >= 4 is 17.4 Å². The van der Waals surface area contributed by atoms with Gasteiger partial charge in [0.2, 0.25) is 0 Å². The van der Waals surface area contributed by atoms with E-state index in [0.29, 0.717) is 29.8 Å². The largest absolute Gasteiger partial charge is 0.507 e. The number of aliphatic hydroxyl groups is 1. The van der Waals surface area contributed by atoms with Crippen LogP contribution in [0.1, 0.15) is 23.6 Å². The fraction of sp³-hybridized carbons (Fsp3) is 0.318. The molecule has 1 saturated heterocycles. The van der Waals surface area contributed by atoms with E-state index >= 15 is 0 Å². The number of aromatic nitrogens is 1. The lowest BCUT2D eigenvalue weighted by molar-refractivity contribution is -0.139. The van der Waals surface area contributed by atoms with E-state index in [1.54, 1.807) is 37.4 Å². The average molecular weight is 395 g/mol. The number of amides is 1. The molecule has 1 atom stereocenters. The Kier molecular flexibility index (Phi) is 6.29. The minimum Gasteiger partial charge on any atom is -0.507 e. The molecule has 0 bridgehead atoms. The second-order valence-electron chi connectivity index (χ2n) is 7.16. The number of carbonyl (C=O) groups is 2. The highest BCUT2D eigenvalue weighted by Crippen LogP contribution is 2.40. The summed E-state index contributed by atoms with van der Waals surface area (Å²) in [5, 5.41) is 10.9. The zero-order valence-electron chi connectivity index (χ0n) is 16.8. The number of aliphatic hydroxyl groups excluding tert-OH is 1. The molecule has 1 fully saturated rings. The van der Waals surface area contributed by atoms with Gasteiger partial charge in [-0.25, -0.2) is 0 Å². The first kappa shape index (κ1) is 20.5. The number of ether oxygens (including phenoxy) is 1. The van der Waals surface area contributed by atoms with E-state index < -0.39 is 17.7 Å². The SMILES string of the molecule is COc1cccc([C@H]2C(=C(O)c3ccncc3)C(=O)C(=O)N2CCCN(C)C)c1. The minimum atomic E-state index is -0.683. The summed E-state index contributed by atoms with van der Waals surface area (Å²) in [4.78, 5) is 33.2. The number of hydrogen-bond acceptors (Lipinski definition) is 6. The van der Waals surface area contributed by atoms with Crippen LogP contribution in [0.5, 0.6) is 5.75 Å². The standard InChI is InChI=1S/C22H25N3O4/c1-24(2)12-5-13-25-19(16-6-4-7-17(14-16)29-3)18(21(27)22(25)28)20(26)15-8-10-23-11-9-15/h4,6-11,14,19,26H,5,12-13H2,1-3H3/t19-/m0/s1. The van der Waals surface area contributed by atoms with Crippen molar-refractivity contribution in [1.29, 1.82) is 0 Å². The predicted octanol–water partition coefficient (Wildman–Crippen LogP) is 2.46. The second-order valence-corrected chi connectivity index (χ2v) is 7.16. The van der Waals surface area contributed by atoms with Crippen LogP contribution in [0, 0.1) is 0 Å². The fourth-order valence-electron chi connectivity index (χ4n) is 3.49. The number of benzene rings is 1. The third-order valence-corrected chi connectivity index (χ3v) is 4.91. The van der Waals surface area contributed by atoms with Crippen LogP contribution in [0.25, 0.3) is 5.76 Å². The number of pyridine rings is 1. The smallest absolute Gasteiger partial charge is 0.295 e. The first-order chi connectivity index (χ1) is 13.9. The number of rotatable bonds is 7. The topological polar surface area (TPSA) is 83.0 Å². The summed E-state index contributed by atoms with van der Waals surface area (Å²) in [6.45, 7) is 1.18. The van der Waals surface area contributed by atoms with Crippen LogP contribution in [0.3, 0.4) is 0 Å². The Labute approximate surface area is 170 Å². The van der Waals surface area contributed by atoms with Crippen LogP contribution in [0.2, 0.25) is 0 Å². The van der Waals surface area contributed by atoms with Gasteiger partial charge >= 0.3 is 0 Å². The zero-order valence-corrected chi connectivity index (χ0v) is 16.8. The van der Waals surface area contributed by atoms with E-state index in [2.05, 4.69) is 4.98 Å². The normalized spacial score (nSPS) is 18.5. The van der Waals surface area contributed by atoms with Crippen LogP contribution in [-0.2, 0) is 9.59 Å².